The largest absolute Gasteiger partial charge is 0.494 e. The average Bonchev–Trinajstić information content (AvgIpc) is 2.40. The van der Waals surface area contributed by atoms with Gasteiger partial charge in [0.1, 0.15) is 5.75 Å². The third kappa shape index (κ3) is 3.63. The smallest absolute Gasteiger partial charge is 0.243 e. The normalized spacial score (nSPS) is 20.2. The summed E-state index contributed by atoms with van der Waals surface area (Å²) in [7, 11) is -3.44. The van der Waals surface area contributed by atoms with Gasteiger partial charge in [0.2, 0.25) is 10.0 Å². The number of piperazine rings is 1. The van der Waals surface area contributed by atoms with E-state index in [1.54, 1.807) is 28.6 Å². The van der Waals surface area contributed by atoms with Crippen LogP contribution in [0.4, 0.5) is 0 Å². The second kappa shape index (κ2) is 7.26. The molecule has 2 rings (SSSR count). The molecule has 1 aromatic rings. The minimum atomic E-state index is -3.44. The van der Waals surface area contributed by atoms with Crippen molar-refractivity contribution in [3.05, 3.63) is 24.3 Å². The first kappa shape index (κ1) is 17.2. The second-order valence-electron chi connectivity index (χ2n) is 4.58. The van der Waals surface area contributed by atoms with Crippen LogP contribution in [0.15, 0.2) is 29.2 Å². The summed E-state index contributed by atoms with van der Waals surface area (Å²) in [4.78, 5) is 0.298. The van der Waals surface area contributed by atoms with Gasteiger partial charge in [0, 0.05) is 31.7 Å². The fourth-order valence-corrected chi connectivity index (χ4v) is 3.87. The molecule has 20 heavy (non-hydrogen) atoms. The number of halogens is 1. The van der Waals surface area contributed by atoms with Crippen LogP contribution in [-0.4, -0.2) is 45.0 Å². The Morgan fingerprint density at radius 1 is 1.45 bits per heavy atom. The highest BCUT2D eigenvalue weighted by Crippen LogP contribution is 2.23. The quantitative estimate of drug-likeness (QED) is 0.913. The molecule has 0 radical (unpaired) electrons. The lowest BCUT2D eigenvalue weighted by molar-refractivity contribution is 0.283. The molecule has 0 amide bonds. The maximum absolute atomic E-state index is 12.6. The number of hydrogen-bond acceptors (Lipinski definition) is 4. The fourth-order valence-electron chi connectivity index (χ4n) is 2.21. The molecule has 114 valence electrons. The van der Waals surface area contributed by atoms with Gasteiger partial charge < -0.3 is 10.1 Å². The Bertz CT molecular complexity index is 536. The highest BCUT2D eigenvalue weighted by atomic mass is 35.5. The van der Waals surface area contributed by atoms with Gasteiger partial charge in [0.15, 0.2) is 0 Å². The summed E-state index contributed by atoms with van der Waals surface area (Å²) in [5.74, 6) is 0.589. The number of sulfonamides is 1. The third-order valence-corrected chi connectivity index (χ3v) is 5.17. The molecule has 0 bridgehead atoms. The summed E-state index contributed by atoms with van der Waals surface area (Å²) in [5.41, 5.74) is 0. The van der Waals surface area contributed by atoms with E-state index in [1.165, 1.54) is 0 Å². The lowest BCUT2D eigenvalue weighted by Crippen LogP contribution is -2.52. The number of nitrogens with zero attached hydrogens (tertiary/aromatic N) is 1. The lowest BCUT2D eigenvalue weighted by Gasteiger charge is -2.32. The van der Waals surface area contributed by atoms with Crippen LogP contribution in [0.2, 0.25) is 0 Å². The summed E-state index contributed by atoms with van der Waals surface area (Å²) in [5, 5.41) is 3.19. The van der Waals surface area contributed by atoms with E-state index in [1.807, 2.05) is 13.8 Å². The maximum atomic E-state index is 12.6. The Hall–Kier alpha value is -0.820. The van der Waals surface area contributed by atoms with Gasteiger partial charge in [-0.15, -0.1) is 12.4 Å². The predicted octanol–water partition coefficient (Wildman–Crippen LogP) is 1.49. The van der Waals surface area contributed by atoms with Crippen LogP contribution in [0, 0.1) is 0 Å². The monoisotopic (exact) mass is 320 g/mol. The van der Waals surface area contributed by atoms with Crippen LogP contribution >= 0.6 is 12.4 Å². The molecule has 1 saturated heterocycles. The predicted molar refractivity (Wildman–Crippen MR) is 81.1 cm³/mol. The Labute approximate surface area is 126 Å². The number of nitrogens with one attached hydrogen (secondary N) is 1. The van der Waals surface area contributed by atoms with E-state index in [4.69, 9.17) is 4.74 Å². The number of benzene rings is 1. The van der Waals surface area contributed by atoms with Gasteiger partial charge in [0.25, 0.3) is 0 Å². The Kier molecular flexibility index (Phi) is 6.26. The molecule has 1 fully saturated rings. The SMILES string of the molecule is CCOc1cccc(S(=O)(=O)N2CCNC[C@H]2C)c1.Cl. The molecule has 1 aliphatic rings. The molecule has 5 nitrogen and oxygen atoms in total. The molecule has 0 spiro atoms. The standard InChI is InChI=1S/C13H20N2O3S.ClH/c1-3-18-12-5-4-6-13(9-12)19(16,17)15-8-7-14-10-11(15)2;/h4-6,9,11,14H,3,7-8,10H2,1-2H3;1H/t11-;/m1./s1. The van der Waals surface area contributed by atoms with Gasteiger partial charge in [-0.05, 0) is 26.0 Å². The van der Waals surface area contributed by atoms with Crippen LogP contribution in [0.5, 0.6) is 5.75 Å². The van der Waals surface area contributed by atoms with Gasteiger partial charge in [-0.3, -0.25) is 0 Å². The van der Waals surface area contributed by atoms with Crippen molar-refractivity contribution in [2.45, 2.75) is 24.8 Å². The van der Waals surface area contributed by atoms with Crippen molar-refractivity contribution in [2.24, 2.45) is 0 Å². The van der Waals surface area contributed by atoms with Gasteiger partial charge in [0.05, 0.1) is 11.5 Å². The molecule has 1 N–H and O–H groups in total. The summed E-state index contributed by atoms with van der Waals surface area (Å²) in [6.45, 7) is 6.19. The van der Waals surface area contributed by atoms with E-state index in [0.717, 1.165) is 0 Å². The molecule has 1 aliphatic heterocycles. The minimum absolute atomic E-state index is 0. The summed E-state index contributed by atoms with van der Waals surface area (Å²) >= 11 is 0. The molecular weight excluding hydrogens is 300 g/mol. The molecule has 0 aromatic heterocycles. The summed E-state index contributed by atoms with van der Waals surface area (Å²) < 4.78 is 32.1. The zero-order valence-corrected chi connectivity index (χ0v) is 13.3. The van der Waals surface area contributed by atoms with Crippen molar-refractivity contribution >= 4 is 22.4 Å². The Morgan fingerprint density at radius 3 is 2.85 bits per heavy atom. The Morgan fingerprint density at radius 2 is 2.20 bits per heavy atom. The van der Waals surface area contributed by atoms with Gasteiger partial charge in [-0.25, -0.2) is 8.42 Å². The van der Waals surface area contributed by atoms with Crippen molar-refractivity contribution in [1.29, 1.82) is 0 Å². The second-order valence-corrected chi connectivity index (χ2v) is 6.47. The highest BCUT2D eigenvalue weighted by Gasteiger charge is 2.30. The fraction of sp³-hybridized carbons (Fsp3) is 0.538. The molecule has 1 aromatic carbocycles. The first-order valence-corrected chi connectivity index (χ1v) is 7.95. The number of rotatable bonds is 4. The molecule has 7 heteroatoms. The van der Waals surface area contributed by atoms with Gasteiger partial charge in [-0.2, -0.15) is 4.31 Å². The van der Waals surface area contributed by atoms with Crippen molar-refractivity contribution in [2.75, 3.05) is 26.2 Å². The van der Waals surface area contributed by atoms with E-state index >= 15 is 0 Å². The average molecular weight is 321 g/mol. The molecule has 0 aliphatic carbocycles. The van der Waals surface area contributed by atoms with Gasteiger partial charge in [-0.1, -0.05) is 6.07 Å². The first-order valence-electron chi connectivity index (χ1n) is 6.51. The van der Waals surface area contributed by atoms with Crippen molar-refractivity contribution in [3.8, 4) is 5.75 Å². The zero-order valence-electron chi connectivity index (χ0n) is 11.7. The minimum Gasteiger partial charge on any atom is -0.494 e. The van der Waals surface area contributed by atoms with Crippen LogP contribution in [0.1, 0.15) is 13.8 Å². The van der Waals surface area contributed by atoms with Crippen molar-refractivity contribution < 1.29 is 13.2 Å². The zero-order chi connectivity index (χ0) is 13.9. The highest BCUT2D eigenvalue weighted by molar-refractivity contribution is 7.89. The van der Waals surface area contributed by atoms with Crippen LogP contribution < -0.4 is 10.1 Å². The van der Waals surface area contributed by atoms with E-state index in [-0.39, 0.29) is 18.4 Å². The van der Waals surface area contributed by atoms with Crippen molar-refractivity contribution in [3.63, 3.8) is 0 Å². The third-order valence-electron chi connectivity index (χ3n) is 3.16. The molecule has 1 atom stereocenters. The van der Waals surface area contributed by atoms with E-state index < -0.39 is 10.0 Å². The van der Waals surface area contributed by atoms with Crippen molar-refractivity contribution in [1.82, 2.24) is 9.62 Å². The molecule has 1 heterocycles. The molecule has 0 saturated carbocycles. The maximum Gasteiger partial charge on any atom is 0.243 e. The van der Waals surface area contributed by atoms with Crippen LogP contribution in [0.3, 0.4) is 0 Å². The number of ether oxygens (including phenoxy) is 1. The first-order chi connectivity index (χ1) is 9.05. The Balaban J connectivity index is 0.00000200. The summed E-state index contributed by atoms with van der Waals surface area (Å²) in [6, 6.07) is 6.66. The van der Waals surface area contributed by atoms with E-state index in [9.17, 15) is 8.42 Å². The molecule has 0 unspecified atom stereocenters. The van der Waals surface area contributed by atoms with E-state index in [2.05, 4.69) is 5.32 Å². The van der Waals surface area contributed by atoms with Crippen LogP contribution in [-0.2, 0) is 10.0 Å². The summed E-state index contributed by atoms with van der Waals surface area (Å²) in [6.07, 6.45) is 0. The van der Waals surface area contributed by atoms with Crippen LogP contribution in [0.25, 0.3) is 0 Å². The van der Waals surface area contributed by atoms with E-state index in [0.29, 0.717) is 36.9 Å². The molecular formula is C13H21ClN2O3S. The van der Waals surface area contributed by atoms with Gasteiger partial charge >= 0.3 is 0 Å². The lowest BCUT2D eigenvalue weighted by atomic mass is 10.3. The topological polar surface area (TPSA) is 58.6 Å². The number of hydrogen-bond donors (Lipinski definition) is 1.